The number of carbonyl (C=O) groups is 2. The first-order chi connectivity index (χ1) is 12.0. The van der Waals surface area contributed by atoms with Crippen molar-refractivity contribution in [2.24, 2.45) is 0 Å². The summed E-state index contributed by atoms with van der Waals surface area (Å²) in [7, 11) is 0. The number of rotatable bonds is 4. The Morgan fingerprint density at radius 3 is 2.56 bits per heavy atom. The van der Waals surface area contributed by atoms with E-state index >= 15 is 0 Å². The molecule has 1 saturated heterocycles. The first-order valence-corrected chi connectivity index (χ1v) is 8.42. The van der Waals surface area contributed by atoms with Crippen LogP contribution in [0, 0.1) is 0 Å². The molecule has 0 unspecified atom stereocenters. The Bertz CT molecular complexity index is 770. The number of aromatic hydroxyl groups is 1. The molecule has 1 amide bonds. The molecule has 0 radical (unpaired) electrons. The summed E-state index contributed by atoms with van der Waals surface area (Å²) in [5.74, 6) is -0.486. The van der Waals surface area contributed by atoms with Crippen LogP contribution in [-0.2, 0) is 11.2 Å². The Kier molecular flexibility index (Phi) is 5.03. The van der Waals surface area contributed by atoms with Gasteiger partial charge in [0.25, 0.3) is 0 Å². The number of benzene rings is 2. The molecule has 3 rings (SSSR count). The Balaban J connectivity index is 1.66. The fourth-order valence-corrected chi connectivity index (χ4v) is 3.33. The quantitative estimate of drug-likeness (QED) is 0.897. The van der Waals surface area contributed by atoms with Gasteiger partial charge < -0.3 is 15.1 Å². The van der Waals surface area contributed by atoms with Gasteiger partial charge in [0.05, 0.1) is 12.0 Å². The number of hydrogen-bond acceptors (Lipinski definition) is 3. The van der Waals surface area contributed by atoms with Crippen molar-refractivity contribution in [3.05, 3.63) is 65.2 Å². The SMILES string of the molecule is O=C(O)c1ccc([C@@H]2CCCN(C(=O)Cc3cccc(O)c3)C2)cc1. The van der Waals surface area contributed by atoms with Crippen molar-refractivity contribution < 1.29 is 19.8 Å². The zero-order valence-electron chi connectivity index (χ0n) is 13.9. The van der Waals surface area contributed by atoms with E-state index in [2.05, 4.69) is 0 Å². The zero-order chi connectivity index (χ0) is 17.8. The van der Waals surface area contributed by atoms with Crippen molar-refractivity contribution >= 4 is 11.9 Å². The zero-order valence-corrected chi connectivity index (χ0v) is 13.9. The smallest absolute Gasteiger partial charge is 0.335 e. The number of likely N-dealkylation sites (tertiary alicyclic amines) is 1. The fraction of sp³-hybridized carbons (Fsp3) is 0.300. The highest BCUT2D eigenvalue weighted by molar-refractivity contribution is 5.87. The highest BCUT2D eigenvalue weighted by atomic mass is 16.4. The number of aromatic carboxylic acids is 1. The molecule has 0 aliphatic carbocycles. The predicted molar refractivity (Wildman–Crippen MR) is 93.8 cm³/mol. The largest absolute Gasteiger partial charge is 0.508 e. The molecule has 1 atom stereocenters. The summed E-state index contributed by atoms with van der Waals surface area (Å²) in [6.45, 7) is 1.38. The van der Waals surface area contributed by atoms with Crippen LogP contribution >= 0.6 is 0 Å². The number of phenolic OH excluding ortho intramolecular Hbond substituents is 1. The van der Waals surface area contributed by atoms with Crippen molar-refractivity contribution in [3.8, 4) is 5.75 Å². The van der Waals surface area contributed by atoms with E-state index in [1.807, 2.05) is 23.1 Å². The van der Waals surface area contributed by atoms with Crippen LogP contribution in [0.2, 0.25) is 0 Å². The Labute approximate surface area is 146 Å². The number of nitrogens with zero attached hydrogens (tertiary/aromatic N) is 1. The van der Waals surface area contributed by atoms with Crippen LogP contribution in [0.4, 0.5) is 0 Å². The minimum Gasteiger partial charge on any atom is -0.508 e. The number of carboxylic acids is 1. The van der Waals surface area contributed by atoms with Gasteiger partial charge in [-0.1, -0.05) is 24.3 Å². The van der Waals surface area contributed by atoms with Crippen LogP contribution in [0.5, 0.6) is 5.75 Å². The van der Waals surface area contributed by atoms with E-state index in [4.69, 9.17) is 5.11 Å². The Morgan fingerprint density at radius 2 is 1.88 bits per heavy atom. The topological polar surface area (TPSA) is 77.8 Å². The predicted octanol–water partition coefficient (Wildman–Crippen LogP) is 3.04. The van der Waals surface area contributed by atoms with E-state index in [1.165, 1.54) is 0 Å². The molecule has 1 aliphatic rings. The van der Waals surface area contributed by atoms with Gasteiger partial charge in [0.1, 0.15) is 5.75 Å². The number of carbonyl (C=O) groups excluding carboxylic acids is 1. The summed E-state index contributed by atoms with van der Waals surface area (Å²) in [6, 6.07) is 13.7. The lowest BCUT2D eigenvalue weighted by Gasteiger charge is -2.33. The third-order valence-electron chi connectivity index (χ3n) is 4.67. The van der Waals surface area contributed by atoms with Crippen LogP contribution in [-0.4, -0.2) is 40.1 Å². The second kappa shape index (κ2) is 7.38. The van der Waals surface area contributed by atoms with Crippen LogP contribution in [0.15, 0.2) is 48.5 Å². The van der Waals surface area contributed by atoms with E-state index in [-0.39, 0.29) is 29.6 Å². The molecule has 0 aromatic heterocycles. The summed E-state index contributed by atoms with van der Waals surface area (Å²) >= 11 is 0. The maximum atomic E-state index is 12.6. The van der Waals surface area contributed by atoms with Crippen LogP contribution in [0.25, 0.3) is 0 Å². The summed E-state index contributed by atoms with van der Waals surface area (Å²) in [4.78, 5) is 25.4. The molecule has 0 saturated carbocycles. The normalized spacial score (nSPS) is 17.3. The van der Waals surface area contributed by atoms with Crippen molar-refractivity contribution in [1.29, 1.82) is 0 Å². The fourth-order valence-electron chi connectivity index (χ4n) is 3.33. The Morgan fingerprint density at radius 1 is 1.12 bits per heavy atom. The highest BCUT2D eigenvalue weighted by Crippen LogP contribution is 2.27. The van der Waals surface area contributed by atoms with E-state index in [9.17, 15) is 14.7 Å². The average Bonchev–Trinajstić information content (AvgIpc) is 2.62. The van der Waals surface area contributed by atoms with E-state index < -0.39 is 5.97 Å². The van der Waals surface area contributed by atoms with Gasteiger partial charge in [-0.05, 0) is 48.2 Å². The average molecular weight is 339 g/mol. The maximum Gasteiger partial charge on any atom is 0.335 e. The van der Waals surface area contributed by atoms with Gasteiger partial charge in [0, 0.05) is 19.0 Å². The van der Waals surface area contributed by atoms with Crippen molar-refractivity contribution in [2.45, 2.75) is 25.2 Å². The number of piperidine rings is 1. The molecule has 1 aliphatic heterocycles. The van der Waals surface area contributed by atoms with Crippen molar-refractivity contribution in [3.63, 3.8) is 0 Å². The number of phenols is 1. The Hall–Kier alpha value is -2.82. The minimum absolute atomic E-state index is 0.0532. The van der Waals surface area contributed by atoms with Gasteiger partial charge >= 0.3 is 5.97 Å². The molecular formula is C20H21NO4. The van der Waals surface area contributed by atoms with E-state index in [1.54, 1.807) is 30.3 Å². The van der Waals surface area contributed by atoms with Gasteiger partial charge in [0.2, 0.25) is 5.91 Å². The lowest BCUT2D eigenvalue weighted by molar-refractivity contribution is -0.131. The maximum absolute atomic E-state index is 12.6. The standard InChI is InChI=1S/C20H21NO4/c22-18-5-1-3-14(11-18)12-19(23)21-10-2-4-17(13-21)15-6-8-16(9-7-15)20(24)25/h1,3,5-9,11,17,22H,2,4,10,12-13H2,(H,24,25)/t17-/m1/s1. The third-order valence-corrected chi connectivity index (χ3v) is 4.67. The van der Waals surface area contributed by atoms with Gasteiger partial charge in [-0.25, -0.2) is 4.79 Å². The number of carboxylic acid groups (broad SMARTS) is 1. The molecule has 5 nitrogen and oxygen atoms in total. The summed E-state index contributed by atoms with van der Waals surface area (Å²) in [6.07, 6.45) is 2.19. The molecule has 130 valence electrons. The summed E-state index contributed by atoms with van der Waals surface area (Å²) in [5.41, 5.74) is 2.15. The van der Waals surface area contributed by atoms with Crippen LogP contribution < -0.4 is 0 Å². The monoisotopic (exact) mass is 339 g/mol. The molecule has 1 fully saturated rings. The molecule has 25 heavy (non-hydrogen) atoms. The first-order valence-electron chi connectivity index (χ1n) is 8.42. The summed E-state index contributed by atoms with van der Waals surface area (Å²) in [5, 5.41) is 18.5. The summed E-state index contributed by atoms with van der Waals surface area (Å²) < 4.78 is 0. The minimum atomic E-state index is -0.932. The van der Waals surface area contributed by atoms with Gasteiger partial charge in [-0.15, -0.1) is 0 Å². The lowest BCUT2D eigenvalue weighted by atomic mass is 9.90. The van der Waals surface area contributed by atoms with Crippen molar-refractivity contribution in [1.82, 2.24) is 4.90 Å². The van der Waals surface area contributed by atoms with Crippen LogP contribution in [0.1, 0.15) is 40.2 Å². The van der Waals surface area contributed by atoms with Gasteiger partial charge in [-0.2, -0.15) is 0 Å². The van der Waals surface area contributed by atoms with Gasteiger partial charge in [-0.3, -0.25) is 4.79 Å². The van der Waals surface area contributed by atoms with Gasteiger partial charge in [0.15, 0.2) is 0 Å². The number of hydrogen-bond donors (Lipinski definition) is 2. The van der Waals surface area contributed by atoms with E-state index in [0.29, 0.717) is 6.54 Å². The molecule has 1 heterocycles. The molecule has 2 aromatic carbocycles. The molecule has 2 aromatic rings. The molecule has 5 heteroatoms. The van der Waals surface area contributed by atoms with Crippen LogP contribution in [0.3, 0.4) is 0 Å². The molecular weight excluding hydrogens is 318 g/mol. The van der Waals surface area contributed by atoms with E-state index in [0.717, 1.165) is 30.5 Å². The molecule has 2 N–H and O–H groups in total. The highest BCUT2D eigenvalue weighted by Gasteiger charge is 2.25. The first kappa shape index (κ1) is 17.0. The second-order valence-corrected chi connectivity index (χ2v) is 6.45. The number of amides is 1. The second-order valence-electron chi connectivity index (χ2n) is 6.45. The molecule has 0 bridgehead atoms. The van der Waals surface area contributed by atoms with Crippen molar-refractivity contribution in [2.75, 3.05) is 13.1 Å². The lowest BCUT2D eigenvalue weighted by Crippen LogP contribution is -2.39. The third kappa shape index (κ3) is 4.18. The molecule has 0 spiro atoms.